The van der Waals surface area contributed by atoms with Crippen LogP contribution in [0.4, 0.5) is 8.78 Å². The topological polar surface area (TPSA) is 34.5 Å². The van der Waals surface area contributed by atoms with Crippen LogP contribution < -0.4 is 0 Å². The molecule has 1 aliphatic rings. The molecule has 0 saturated carbocycles. The maximum absolute atomic E-state index is 13.2. The highest BCUT2D eigenvalue weighted by Gasteiger charge is 2.20. The van der Waals surface area contributed by atoms with Gasteiger partial charge in [-0.15, -0.1) is 0 Å². The molecule has 2 rings (SSSR count). The summed E-state index contributed by atoms with van der Waals surface area (Å²) in [6, 6.07) is 0.758. The SMILES string of the molecule is CC1COC(c2ncc(F)cc2F)=N1.CCCC. The summed E-state index contributed by atoms with van der Waals surface area (Å²) in [5, 5.41) is 0. The summed E-state index contributed by atoms with van der Waals surface area (Å²) in [4.78, 5) is 7.61. The number of rotatable bonds is 2. The highest BCUT2D eigenvalue weighted by molar-refractivity contribution is 5.93. The van der Waals surface area contributed by atoms with Gasteiger partial charge in [0.2, 0.25) is 5.90 Å². The maximum atomic E-state index is 13.2. The molecular formula is C13H18F2N2O. The molecule has 0 fully saturated rings. The average Bonchev–Trinajstić information content (AvgIpc) is 2.76. The Kier molecular flexibility index (Phi) is 5.68. The van der Waals surface area contributed by atoms with Crippen LogP contribution in [0.25, 0.3) is 0 Å². The van der Waals surface area contributed by atoms with Gasteiger partial charge in [-0.2, -0.15) is 0 Å². The Bertz CT molecular complexity index is 419. The van der Waals surface area contributed by atoms with Gasteiger partial charge < -0.3 is 4.74 Å². The Morgan fingerprint density at radius 2 is 2.00 bits per heavy atom. The molecule has 0 aromatic carbocycles. The first kappa shape index (κ1) is 14.5. The van der Waals surface area contributed by atoms with E-state index in [4.69, 9.17) is 4.74 Å². The van der Waals surface area contributed by atoms with Crippen molar-refractivity contribution in [2.75, 3.05) is 6.61 Å². The van der Waals surface area contributed by atoms with E-state index >= 15 is 0 Å². The fourth-order valence-electron chi connectivity index (χ4n) is 1.18. The molecule has 100 valence electrons. The van der Waals surface area contributed by atoms with E-state index in [0.29, 0.717) is 6.61 Å². The van der Waals surface area contributed by atoms with Gasteiger partial charge in [0.15, 0.2) is 11.5 Å². The van der Waals surface area contributed by atoms with Crippen molar-refractivity contribution in [3.05, 3.63) is 29.6 Å². The van der Waals surface area contributed by atoms with E-state index in [0.717, 1.165) is 12.3 Å². The zero-order chi connectivity index (χ0) is 13.5. The number of ether oxygens (including phenoxy) is 1. The quantitative estimate of drug-likeness (QED) is 0.813. The summed E-state index contributed by atoms with van der Waals surface area (Å²) in [5.41, 5.74) is -0.0317. The predicted octanol–water partition coefficient (Wildman–Crippen LogP) is 3.33. The lowest BCUT2D eigenvalue weighted by atomic mass is 10.3. The largest absolute Gasteiger partial charge is 0.474 e. The van der Waals surface area contributed by atoms with Gasteiger partial charge in [0.1, 0.15) is 12.4 Å². The van der Waals surface area contributed by atoms with Crippen LogP contribution in [-0.2, 0) is 4.74 Å². The molecule has 2 heterocycles. The predicted molar refractivity (Wildman–Crippen MR) is 66.7 cm³/mol. The first-order valence-electron chi connectivity index (χ1n) is 6.10. The van der Waals surface area contributed by atoms with Crippen molar-refractivity contribution in [2.24, 2.45) is 4.99 Å². The van der Waals surface area contributed by atoms with Gasteiger partial charge in [0, 0.05) is 6.07 Å². The van der Waals surface area contributed by atoms with Crippen molar-refractivity contribution < 1.29 is 13.5 Å². The lowest BCUT2D eigenvalue weighted by Crippen LogP contribution is -2.07. The van der Waals surface area contributed by atoms with Crippen molar-refractivity contribution in [1.82, 2.24) is 4.98 Å². The number of nitrogens with zero attached hydrogens (tertiary/aromatic N) is 2. The van der Waals surface area contributed by atoms with Gasteiger partial charge in [0.05, 0.1) is 12.2 Å². The number of pyridine rings is 1. The van der Waals surface area contributed by atoms with Gasteiger partial charge in [0.25, 0.3) is 0 Å². The van der Waals surface area contributed by atoms with Crippen LogP contribution in [0.1, 0.15) is 39.3 Å². The number of aromatic nitrogens is 1. The molecule has 0 spiro atoms. The molecule has 0 N–H and O–H groups in total. The van der Waals surface area contributed by atoms with E-state index in [1.807, 2.05) is 6.92 Å². The number of unbranched alkanes of at least 4 members (excludes halogenated alkanes) is 1. The molecule has 1 aromatic rings. The summed E-state index contributed by atoms with van der Waals surface area (Å²) in [7, 11) is 0. The van der Waals surface area contributed by atoms with E-state index in [2.05, 4.69) is 23.8 Å². The zero-order valence-electron chi connectivity index (χ0n) is 10.9. The molecule has 0 aliphatic carbocycles. The van der Waals surface area contributed by atoms with Crippen molar-refractivity contribution in [1.29, 1.82) is 0 Å². The minimum atomic E-state index is -0.752. The van der Waals surface area contributed by atoms with Crippen LogP contribution in [0.15, 0.2) is 17.3 Å². The van der Waals surface area contributed by atoms with Gasteiger partial charge in [-0.25, -0.2) is 18.8 Å². The molecule has 0 radical (unpaired) electrons. The molecule has 1 atom stereocenters. The smallest absolute Gasteiger partial charge is 0.238 e. The minimum Gasteiger partial charge on any atom is -0.474 e. The molecule has 0 saturated heterocycles. The standard InChI is InChI=1S/C9H8F2N2O.C4H10/c1-5-4-14-9(13-5)8-7(11)2-6(10)3-12-8;1-3-4-2/h2-3,5H,4H2,1H3;3-4H2,1-2H3. The van der Waals surface area contributed by atoms with E-state index in [-0.39, 0.29) is 17.6 Å². The molecule has 1 aromatic heterocycles. The number of aliphatic imine (C=N–C) groups is 1. The van der Waals surface area contributed by atoms with Crippen LogP contribution in [0.2, 0.25) is 0 Å². The highest BCUT2D eigenvalue weighted by Crippen LogP contribution is 2.13. The Morgan fingerprint density at radius 1 is 1.33 bits per heavy atom. The summed E-state index contributed by atoms with van der Waals surface area (Å²) in [5.74, 6) is -1.31. The minimum absolute atomic E-state index is 0.00347. The van der Waals surface area contributed by atoms with Crippen LogP contribution in [0.3, 0.4) is 0 Å². The first-order valence-corrected chi connectivity index (χ1v) is 6.10. The normalized spacial score (nSPS) is 17.6. The second-order valence-electron chi connectivity index (χ2n) is 4.08. The van der Waals surface area contributed by atoms with Crippen molar-refractivity contribution >= 4 is 5.90 Å². The molecular weight excluding hydrogens is 238 g/mol. The number of halogens is 2. The van der Waals surface area contributed by atoms with Crippen LogP contribution in [0.5, 0.6) is 0 Å². The summed E-state index contributed by atoms with van der Waals surface area (Å²) < 4.78 is 30.8. The molecule has 0 amide bonds. The fourth-order valence-corrected chi connectivity index (χ4v) is 1.18. The molecule has 1 aliphatic heterocycles. The maximum Gasteiger partial charge on any atom is 0.238 e. The van der Waals surface area contributed by atoms with Gasteiger partial charge >= 0.3 is 0 Å². The van der Waals surface area contributed by atoms with Crippen molar-refractivity contribution in [2.45, 2.75) is 39.7 Å². The average molecular weight is 256 g/mol. The highest BCUT2D eigenvalue weighted by atomic mass is 19.1. The van der Waals surface area contributed by atoms with Crippen LogP contribution in [0, 0.1) is 11.6 Å². The summed E-state index contributed by atoms with van der Waals surface area (Å²) in [6.07, 6.45) is 3.58. The van der Waals surface area contributed by atoms with Crippen LogP contribution in [-0.4, -0.2) is 23.5 Å². The van der Waals surface area contributed by atoms with Gasteiger partial charge in [-0.3, -0.25) is 0 Å². The summed E-state index contributed by atoms with van der Waals surface area (Å²) in [6.45, 7) is 6.61. The van der Waals surface area contributed by atoms with Gasteiger partial charge in [-0.1, -0.05) is 26.7 Å². The molecule has 1 unspecified atom stereocenters. The molecule has 3 nitrogen and oxygen atoms in total. The third-order valence-electron chi connectivity index (χ3n) is 2.31. The lowest BCUT2D eigenvalue weighted by molar-refractivity contribution is 0.322. The van der Waals surface area contributed by atoms with E-state index < -0.39 is 11.6 Å². The number of hydrogen-bond acceptors (Lipinski definition) is 3. The zero-order valence-corrected chi connectivity index (χ0v) is 10.9. The Hall–Kier alpha value is -1.52. The second-order valence-corrected chi connectivity index (χ2v) is 4.08. The van der Waals surface area contributed by atoms with E-state index in [1.54, 1.807) is 0 Å². The van der Waals surface area contributed by atoms with Crippen LogP contribution >= 0.6 is 0 Å². The molecule has 0 bridgehead atoms. The van der Waals surface area contributed by atoms with E-state index in [9.17, 15) is 8.78 Å². The summed E-state index contributed by atoms with van der Waals surface area (Å²) >= 11 is 0. The Balaban J connectivity index is 0.000000357. The monoisotopic (exact) mass is 256 g/mol. The van der Waals surface area contributed by atoms with Gasteiger partial charge in [-0.05, 0) is 6.92 Å². The Labute approximate surface area is 106 Å². The molecule has 5 heteroatoms. The first-order chi connectivity index (χ1) is 8.58. The molecule has 18 heavy (non-hydrogen) atoms. The third-order valence-corrected chi connectivity index (χ3v) is 2.31. The second kappa shape index (κ2) is 7.03. The lowest BCUT2D eigenvalue weighted by Gasteiger charge is -2.01. The fraction of sp³-hybridized carbons (Fsp3) is 0.538. The third kappa shape index (κ3) is 4.05. The van der Waals surface area contributed by atoms with Crippen molar-refractivity contribution in [3.63, 3.8) is 0 Å². The van der Waals surface area contributed by atoms with E-state index in [1.165, 1.54) is 12.8 Å². The number of hydrogen-bond donors (Lipinski definition) is 0. The Morgan fingerprint density at radius 3 is 2.44 bits per heavy atom. The van der Waals surface area contributed by atoms with Crippen molar-refractivity contribution in [3.8, 4) is 0 Å².